The Hall–Kier alpha value is -3.95. The van der Waals surface area contributed by atoms with Crippen molar-refractivity contribution in [3.63, 3.8) is 0 Å². The fourth-order valence-electron chi connectivity index (χ4n) is 8.13. The van der Waals surface area contributed by atoms with Crippen LogP contribution in [-0.2, 0) is 19.1 Å². The molecule has 3 amide bonds. The Morgan fingerprint density at radius 2 is 1.52 bits per heavy atom. The van der Waals surface area contributed by atoms with Crippen molar-refractivity contribution < 1.29 is 24.2 Å². The van der Waals surface area contributed by atoms with E-state index < -0.39 is 29.1 Å². The second-order valence-electron chi connectivity index (χ2n) is 12.8. The number of fused-ring (bicyclic) bond motifs is 1. The van der Waals surface area contributed by atoms with Gasteiger partial charge in [0.05, 0.1) is 17.4 Å². The van der Waals surface area contributed by atoms with E-state index in [0.717, 1.165) is 18.8 Å². The molecule has 3 heterocycles. The van der Waals surface area contributed by atoms with Gasteiger partial charge in [0.1, 0.15) is 11.6 Å². The lowest BCUT2D eigenvalue weighted by Crippen LogP contribution is -2.57. The number of hydrogen-bond donors (Lipinski definition) is 1. The van der Waals surface area contributed by atoms with Gasteiger partial charge in [-0.05, 0) is 75.9 Å². The summed E-state index contributed by atoms with van der Waals surface area (Å²) in [6.45, 7) is 18.2. The number of aliphatic hydroxyl groups is 1. The first-order valence-corrected chi connectivity index (χ1v) is 16.5. The highest BCUT2D eigenvalue weighted by Crippen LogP contribution is 2.65. The molecule has 3 unspecified atom stereocenters. The first-order chi connectivity index (χ1) is 22.1. The van der Waals surface area contributed by atoms with E-state index in [2.05, 4.69) is 31.9 Å². The molecule has 2 aromatic carbocycles. The Bertz CT molecular complexity index is 1440. The van der Waals surface area contributed by atoms with Crippen LogP contribution < -0.4 is 14.7 Å². The summed E-state index contributed by atoms with van der Waals surface area (Å²) < 4.78 is 6.96. The minimum atomic E-state index is -1.20. The van der Waals surface area contributed by atoms with E-state index in [1.54, 1.807) is 26.9 Å². The average Bonchev–Trinajstić information content (AvgIpc) is 3.58. The van der Waals surface area contributed by atoms with Crippen molar-refractivity contribution in [2.75, 3.05) is 54.0 Å². The minimum absolute atomic E-state index is 0.0962. The fraction of sp³-hybridized carbons (Fsp3) is 0.486. The Morgan fingerprint density at radius 3 is 2.09 bits per heavy atom. The topological polar surface area (TPSA) is 93.6 Å². The molecule has 46 heavy (non-hydrogen) atoms. The van der Waals surface area contributed by atoms with Gasteiger partial charge in [0, 0.05) is 56.4 Å². The minimum Gasteiger partial charge on any atom is -0.396 e. The van der Waals surface area contributed by atoms with Gasteiger partial charge in [-0.15, -0.1) is 13.2 Å². The molecule has 6 atom stereocenters. The van der Waals surface area contributed by atoms with Crippen LogP contribution in [-0.4, -0.2) is 84.3 Å². The Labute approximate surface area is 273 Å². The Morgan fingerprint density at radius 1 is 0.957 bits per heavy atom. The van der Waals surface area contributed by atoms with Gasteiger partial charge < -0.3 is 29.4 Å². The van der Waals surface area contributed by atoms with Gasteiger partial charge in [0.25, 0.3) is 5.91 Å². The fourth-order valence-corrected chi connectivity index (χ4v) is 8.13. The number of aliphatic hydroxyl groups excluding tert-OH is 1. The standard InChI is InChI=1S/C37H48N4O5/c1-7-21-39(28-15-12-11-13-16-28)33(43)30-31-34(44)41(23-14-24-42)32(37(31)25-26(5)36(30,6)46-37)35(45)40(22-8-2)29-19-17-27(18-20-29)38(9-3)10-4/h7-8,11-13,15-20,26,30-32,42H,1-2,9-10,14,21-25H2,3-6H3/t26?,30-,31-,32?,36+,37?/m0/s1. The zero-order valence-electron chi connectivity index (χ0n) is 27.6. The lowest BCUT2D eigenvalue weighted by molar-refractivity contribution is -0.146. The molecule has 246 valence electrons. The molecule has 1 N–H and O–H groups in total. The molecule has 3 aliphatic rings. The molecule has 0 radical (unpaired) electrons. The summed E-state index contributed by atoms with van der Waals surface area (Å²) in [6.07, 6.45) is 4.12. The molecular formula is C37H48N4O5. The van der Waals surface area contributed by atoms with E-state index in [1.807, 2.05) is 68.4 Å². The smallest absolute Gasteiger partial charge is 0.253 e. The van der Waals surface area contributed by atoms with Crippen LogP contribution in [0.1, 0.15) is 40.5 Å². The SMILES string of the molecule is C=CCN(C(=O)C1N(CCCO)C(=O)[C@@H]2[C@@H](C(=O)N(CC=C)c3ccccc3)[C@]3(C)OC12CC3C)c1ccc(N(CC)CC)cc1. The quantitative estimate of drug-likeness (QED) is 0.306. The van der Waals surface area contributed by atoms with E-state index in [-0.39, 0.29) is 49.9 Å². The number of likely N-dealkylation sites (tertiary alicyclic amines) is 1. The number of rotatable bonds is 14. The molecule has 0 aliphatic carbocycles. The lowest BCUT2D eigenvalue weighted by Gasteiger charge is -2.39. The van der Waals surface area contributed by atoms with E-state index in [1.165, 1.54) is 0 Å². The predicted molar refractivity (Wildman–Crippen MR) is 182 cm³/mol. The molecule has 2 bridgehead atoms. The van der Waals surface area contributed by atoms with E-state index in [0.29, 0.717) is 24.2 Å². The van der Waals surface area contributed by atoms with Crippen LogP contribution in [0.4, 0.5) is 17.1 Å². The summed E-state index contributed by atoms with van der Waals surface area (Å²) >= 11 is 0. The van der Waals surface area contributed by atoms with Crippen LogP contribution >= 0.6 is 0 Å². The lowest BCUT2D eigenvalue weighted by atomic mass is 9.62. The van der Waals surface area contributed by atoms with Crippen molar-refractivity contribution in [2.24, 2.45) is 17.8 Å². The third-order valence-electron chi connectivity index (χ3n) is 10.4. The van der Waals surface area contributed by atoms with Gasteiger partial charge in [0.15, 0.2) is 0 Å². The zero-order chi connectivity index (χ0) is 33.2. The first-order valence-electron chi connectivity index (χ1n) is 16.5. The van der Waals surface area contributed by atoms with Crippen molar-refractivity contribution >= 4 is 34.8 Å². The molecular weight excluding hydrogens is 580 g/mol. The van der Waals surface area contributed by atoms with Crippen LogP contribution in [0.5, 0.6) is 0 Å². The molecule has 1 spiro atoms. The number of carbonyl (C=O) groups excluding carboxylic acids is 3. The second-order valence-corrected chi connectivity index (χ2v) is 12.8. The predicted octanol–water partition coefficient (Wildman–Crippen LogP) is 4.66. The number of para-hydroxylation sites is 1. The second kappa shape index (κ2) is 13.4. The van der Waals surface area contributed by atoms with Crippen LogP contribution in [0.2, 0.25) is 0 Å². The molecule has 3 aliphatic heterocycles. The highest BCUT2D eigenvalue weighted by Gasteiger charge is 2.80. The van der Waals surface area contributed by atoms with Gasteiger partial charge in [0.2, 0.25) is 11.8 Å². The normalized spacial score (nSPS) is 27.8. The summed E-state index contributed by atoms with van der Waals surface area (Å²) in [5.74, 6) is -2.52. The first kappa shape index (κ1) is 33.4. The van der Waals surface area contributed by atoms with Gasteiger partial charge in [-0.3, -0.25) is 14.4 Å². The maximum Gasteiger partial charge on any atom is 0.253 e. The summed E-state index contributed by atoms with van der Waals surface area (Å²) in [6, 6.07) is 16.3. The number of nitrogens with zero attached hydrogens (tertiary/aromatic N) is 4. The largest absolute Gasteiger partial charge is 0.396 e. The number of carbonyl (C=O) groups is 3. The van der Waals surface area contributed by atoms with Crippen molar-refractivity contribution in [3.05, 3.63) is 79.9 Å². The van der Waals surface area contributed by atoms with Gasteiger partial charge in [-0.1, -0.05) is 37.3 Å². The summed E-state index contributed by atoms with van der Waals surface area (Å²) in [5.41, 5.74) is 0.302. The van der Waals surface area contributed by atoms with Crippen LogP contribution in [0.15, 0.2) is 79.9 Å². The average molecular weight is 629 g/mol. The number of benzene rings is 2. The molecule has 5 rings (SSSR count). The zero-order valence-corrected chi connectivity index (χ0v) is 27.6. The number of amides is 3. The van der Waals surface area contributed by atoms with E-state index in [4.69, 9.17) is 4.74 Å². The van der Waals surface area contributed by atoms with Gasteiger partial charge in [-0.25, -0.2) is 0 Å². The summed E-state index contributed by atoms with van der Waals surface area (Å²) in [7, 11) is 0. The van der Waals surface area contributed by atoms with Crippen molar-refractivity contribution in [1.29, 1.82) is 0 Å². The van der Waals surface area contributed by atoms with Gasteiger partial charge >= 0.3 is 0 Å². The molecule has 3 fully saturated rings. The van der Waals surface area contributed by atoms with E-state index in [9.17, 15) is 19.5 Å². The molecule has 0 saturated carbocycles. The van der Waals surface area contributed by atoms with Gasteiger partial charge in [-0.2, -0.15) is 0 Å². The Kier molecular flexibility index (Phi) is 9.75. The molecule has 2 aromatic rings. The highest BCUT2D eigenvalue weighted by molar-refractivity contribution is 6.07. The monoisotopic (exact) mass is 628 g/mol. The maximum absolute atomic E-state index is 14.9. The van der Waals surface area contributed by atoms with Crippen molar-refractivity contribution in [2.45, 2.75) is 57.8 Å². The van der Waals surface area contributed by atoms with Crippen LogP contribution in [0, 0.1) is 17.8 Å². The van der Waals surface area contributed by atoms with Crippen LogP contribution in [0.25, 0.3) is 0 Å². The Balaban J connectivity index is 1.58. The number of hydrogen-bond acceptors (Lipinski definition) is 6. The number of ether oxygens (including phenoxy) is 1. The highest BCUT2D eigenvalue weighted by atomic mass is 16.5. The van der Waals surface area contributed by atoms with Crippen LogP contribution in [0.3, 0.4) is 0 Å². The number of anilines is 3. The third kappa shape index (κ3) is 5.33. The summed E-state index contributed by atoms with van der Waals surface area (Å²) in [5, 5.41) is 9.78. The molecule has 9 nitrogen and oxygen atoms in total. The third-order valence-corrected chi connectivity index (χ3v) is 10.4. The maximum atomic E-state index is 14.9. The molecule has 3 saturated heterocycles. The molecule has 9 heteroatoms. The van der Waals surface area contributed by atoms with Crippen molar-refractivity contribution in [3.8, 4) is 0 Å². The molecule has 0 aromatic heterocycles. The van der Waals surface area contributed by atoms with Crippen molar-refractivity contribution in [1.82, 2.24) is 4.90 Å². The summed E-state index contributed by atoms with van der Waals surface area (Å²) in [4.78, 5) is 51.2. The van der Waals surface area contributed by atoms with E-state index >= 15 is 0 Å².